The van der Waals surface area contributed by atoms with Crippen molar-refractivity contribution >= 4 is 23.2 Å². The molecule has 1 aliphatic rings. The number of aromatic nitrogens is 2. The van der Waals surface area contributed by atoms with Crippen LogP contribution < -0.4 is 10.6 Å². The number of nitrogens with one attached hydrogen (secondary N) is 2. The molecule has 1 aromatic heterocycles. The third-order valence-corrected chi connectivity index (χ3v) is 4.65. The molecule has 1 aliphatic heterocycles. The summed E-state index contributed by atoms with van der Waals surface area (Å²) in [5.74, 6) is -0.102. The Morgan fingerprint density at radius 2 is 1.96 bits per heavy atom. The maximum atomic E-state index is 12.5. The van der Waals surface area contributed by atoms with E-state index in [4.69, 9.17) is 11.6 Å². The van der Waals surface area contributed by atoms with Gasteiger partial charge in [0.1, 0.15) is 6.33 Å². The van der Waals surface area contributed by atoms with Crippen LogP contribution in [-0.2, 0) is 6.42 Å². The number of rotatable bonds is 3. The highest BCUT2D eigenvalue weighted by atomic mass is 35.5. The van der Waals surface area contributed by atoms with Crippen LogP contribution >= 0.6 is 11.6 Å². The molecule has 0 saturated carbocycles. The molecule has 0 saturated heterocycles. The van der Waals surface area contributed by atoms with E-state index in [0.717, 1.165) is 28.9 Å². The molecule has 0 bridgehead atoms. The van der Waals surface area contributed by atoms with E-state index in [9.17, 15) is 4.79 Å². The first-order chi connectivity index (χ1) is 12.7. The van der Waals surface area contributed by atoms with Gasteiger partial charge in [0.05, 0.1) is 17.3 Å². The fourth-order valence-electron chi connectivity index (χ4n) is 3.09. The summed E-state index contributed by atoms with van der Waals surface area (Å²) in [5.41, 5.74) is 4.48. The molecule has 1 unspecified atom stereocenters. The molecule has 26 heavy (non-hydrogen) atoms. The number of halogens is 1. The SMILES string of the molecule is O=C1NC(Cc2ccc(-c3ccncn3)cc2)CNc2ccc(Cl)cc21. The van der Waals surface area contributed by atoms with Gasteiger partial charge >= 0.3 is 0 Å². The Morgan fingerprint density at radius 1 is 1.12 bits per heavy atom. The number of benzene rings is 2. The number of fused-ring (bicyclic) bond motifs is 1. The molecule has 3 aromatic rings. The first-order valence-corrected chi connectivity index (χ1v) is 8.76. The van der Waals surface area contributed by atoms with Gasteiger partial charge in [0, 0.05) is 29.0 Å². The molecule has 5 nitrogen and oxygen atoms in total. The number of hydrogen-bond acceptors (Lipinski definition) is 4. The predicted molar refractivity (Wildman–Crippen MR) is 102 cm³/mol. The molecule has 6 heteroatoms. The molecular weight excluding hydrogens is 348 g/mol. The first-order valence-electron chi connectivity index (χ1n) is 8.38. The predicted octanol–water partition coefficient (Wildman–Crippen LogP) is 3.56. The molecule has 0 aliphatic carbocycles. The van der Waals surface area contributed by atoms with Gasteiger partial charge in [-0.05, 0) is 36.2 Å². The van der Waals surface area contributed by atoms with Gasteiger partial charge in [-0.3, -0.25) is 4.79 Å². The van der Waals surface area contributed by atoms with Crippen LogP contribution in [0.5, 0.6) is 0 Å². The van der Waals surface area contributed by atoms with Gasteiger partial charge in [-0.2, -0.15) is 0 Å². The van der Waals surface area contributed by atoms with Crippen molar-refractivity contribution in [1.29, 1.82) is 0 Å². The molecule has 2 N–H and O–H groups in total. The van der Waals surface area contributed by atoms with Crippen LogP contribution in [-0.4, -0.2) is 28.5 Å². The summed E-state index contributed by atoms with van der Waals surface area (Å²) in [4.78, 5) is 20.7. The summed E-state index contributed by atoms with van der Waals surface area (Å²) in [5, 5.41) is 6.96. The van der Waals surface area contributed by atoms with Crippen molar-refractivity contribution < 1.29 is 4.79 Å². The van der Waals surface area contributed by atoms with Crippen LogP contribution in [0.4, 0.5) is 5.69 Å². The molecule has 0 spiro atoms. The second kappa shape index (κ2) is 7.14. The van der Waals surface area contributed by atoms with Gasteiger partial charge in [-0.15, -0.1) is 0 Å². The number of hydrogen-bond donors (Lipinski definition) is 2. The molecule has 1 atom stereocenters. The van der Waals surface area contributed by atoms with Gasteiger partial charge in [0.2, 0.25) is 0 Å². The van der Waals surface area contributed by atoms with E-state index in [1.54, 1.807) is 24.7 Å². The largest absolute Gasteiger partial charge is 0.382 e. The van der Waals surface area contributed by atoms with Crippen molar-refractivity contribution in [2.45, 2.75) is 12.5 Å². The quantitative estimate of drug-likeness (QED) is 0.745. The van der Waals surface area contributed by atoms with Crippen LogP contribution in [0.25, 0.3) is 11.3 Å². The Balaban J connectivity index is 1.47. The lowest BCUT2D eigenvalue weighted by molar-refractivity contribution is 0.0942. The maximum Gasteiger partial charge on any atom is 0.253 e. The standard InChI is InChI=1S/C20H17ClN4O/c21-15-5-6-19-17(10-15)20(26)25-16(11-23-19)9-13-1-3-14(4-2-13)18-7-8-22-12-24-18/h1-8,10,12,16,23H,9,11H2,(H,25,26). The smallest absolute Gasteiger partial charge is 0.253 e. The van der Waals surface area contributed by atoms with Crippen molar-refractivity contribution in [3.05, 3.63) is 77.2 Å². The topological polar surface area (TPSA) is 66.9 Å². The molecule has 4 rings (SSSR count). The van der Waals surface area contributed by atoms with E-state index in [1.807, 2.05) is 24.3 Å². The van der Waals surface area contributed by atoms with E-state index in [-0.39, 0.29) is 11.9 Å². The summed E-state index contributed by atoms with van der Waals surface area (Å²) in [6.07, 6.45) is 4.01. The number of amides is 1. The molecular formula is C20H17ClN4O. The summed E-state index contributed by atoms with van der Waals surface area (Å²) < 4.78 is 0. The summed E-state index contributed by atoms with van der Waals surface area (Å²) in [7, 11) is 0. The van der Waals surface area contributed by atoms with Gasteiger partial charge in [0.15, 0.2) is 0 Å². The Morgan fingerprint density at radius 3 is 2.73 bits per heavy atom. The lowest BCUT2D eigenvalue weighted by Crippen LogP contribution is -2.38. The van der Waals surface area contributed by atoms with Gasteiger partial charge in [-0.25, -0.2) is 9.97 Å². The van der Waals surface area contributed by atoms with Gasteiger partial charge in [0.25, 0.3) is 5.91 Å². The Labute approximate surface area is 156 Å². The van der Waals surface area contributed by atoms with E-state index in [1.165, 1.54) is 0 Å². The fraction of sp³-hybridized carbons (Fsp3) is 0.150. The summed E-state index contributed by atoms with van der Waals surface area (Å²) in [6, 6.07) is 15.4. The minimum Gasteiger partial charge on any atom is -0.382 e. The minimum absolute atomic E-state index is 0.00132. The Bertz CT molecular complexity index is 928. The zero-order valence-corrected chi connectivity index (χ0v) is 14.7. The number of nitrogens with zero attached hydrogens (tertiary/aromatic N) is 2. The van der Waals surface area contributed by atoms with Crippen molar-refractivity contribution in [2.24, 2.45) is 0 Å². The minimum atomic E-state index is -0.102. The van der Waals surface area contributed by atoms with Crippen LogP contribution in [0.2, 0.25) is 5.02 Å². The van der Waals surface area contributed by atoms with Crippen molar-refractivity contribution in [3.63, 3.8) is 0 Å². The van der Waals surface area contributed by atoms with Crippen LogP contribution in [0.3, 0.4) is 0 Å². The second-order valence-electron chi connectivity index (χ2n) is 6.24. The average molecular weight is 365 g/mol. The summed E-state index contributed by atoms with van der Waals surface area (Å²) in [6.45, 7) is 0.661. The highest BCUT2D eigenvalue weighted by molar-refractivity contribution is 6.31. The van der Waals surface area contributed by atoms with Crippen molar-refractivity contribution in [2.75, 3.05) is 11.9 Å². The molecule has 0 radical (unpaired) electrons. The van der Waals surface area contributed by atoms with E-state index >= 15 is 0 Å². The molecule has 130 valence electrons. The fourth-order valence-corrected chi connectivity index (χ4v) is 3.26. The maximum absolute atomic E-state index is 12.5. The van der Waals surface area contributed by atoms with Crippen molar-refractivity contribution in [3.8, 4) is 11.3 Å². The third-order valence-electron chi connectivity index (χ3n) is 4.41. The highest BCUT2D eigenvalue weighted by Gasteiger charge is 2.21. The number of anilines is 1. The van der Waals surface area contributed by atoms with Crippen LogP contribution in [0, 0.1) is 0 Å². The molecule has 0 fully saturated rings. The van der Waals surface area contributed by atoms with E-state index in [2.05, 4.69) is 32.7 Å². The molecule has 2 heterocycles. The lowest BCUT2D eigenvalue weighted by Gasteiger charge is -2.16. The monoisotopic (exact) mass is 364 g/mol. The normalized spacial score (nSPS) is 16.2. The van der Waals surface area contributed by atoms with Gasteiger partial charge in [-0.1, -0.05) is 35.9 Å². The average Bonchev–Trinajstić information content (AvgIpc) is 2.82. The lowest BCUT2D eigenvalue weighted by atomic mass is 10.0. The van der Waals surface area contributed by atoms with Crippen LogP contribution in [0.15, 0.2) is 61.1 Å². The number of carbonyl (C=O) groups is 1. The van der Waals surface area contributed by atoms with E-state index in [0.29, 0.717) is 17.1 Å². The Hall–Kier alpha value is -2.92. The van der Waals surface area contributed by atoms with Crippen LogP contribution in [0.1, 0.15) is 15.9 Å². The summed E-state index contributed by atoms with van der Waals surface area (Å²) >= 11 is 6.01. The zero-order chi connectivity index (χ0) is 17.9. The molecule has 2 aromatic carbocycles. The van der Waals surface area contributed by atoms with Crippen molar-refractivity contribution in [1.82, 2.24) is 15.3 Å². The second-order valence-corrected chi connectivity index (χ2v) is 6.67. The zero-order valence-electron chi connectivity index (χ0n) is 13.9. The highest BCUT2D eigenvalue weighted by Crippen LogP contribution is 2.23. The third kappa shape index (κ3) is 3.53. The van der Waals surface area contributed by atoms with Gasteiger partial charge < -0.3 is 10.6 Å². The number of carbonyl (C=O) groups excluding carboxylic acids is 1. The Kier molecular flexibility index (Phi) is 4.54. The first kappa shape index (κ1) is 16.5. The molecule has 1 amide bonds. The van der Waals surface area contributed by atoms with E-state index < -0.39 is 0 Å².